The number of furan rings is 2. The first kappa shape index (κ1) is 33.6. The highest BCUT2D eigenvalue weighted by Gasteiger charge is 2.23. The second kappa shape index (κ2) is 13.1. The van der Waals surface area contributed by atoms with Gasteiger partial charge in [0.2, 0.25) is 0 Å². The maximum Gasteiger partial charge on any atom is 0.167 e. The van der Waals surface area contributed by atoms with Gasteiger partial charge in [-0.2, -0.15) is 0 Å². The topological polar surface area (TPSA) is 69.9 Å². The molecule has 284 valence electrons. The van der Waals surface area contributed by atoms with Crippen molar-refractivity contribution in [1.29, 1.82) is 0 Å². The van der Waals surface area contributed by atoms with Crippen LogP contribution in [0.4, 0.5) is 0 Å². The smallest absolute Gasteiger partial charge is 0.167 e. The van der Waals surface area contributed by atoms with E-state index in [-0.39, 0.29) is 0 Å². The Bertz CT molecular complexity index is 3900. The quantitative estimate of drug-likeness (QED) is 0.174. The SMILES string of the molecule is c1ccc(-n2c3ccccc3c3cc(-c4cccc5oc6cccc(-c7nc(-c8ccc9ccccc9c8)nc(-c8cccc9c8oc8ccccc89)n7)c6c45)ccc32)cc1. The van der Waals surface area contributed by atoms with Crippen LogP contribution in [0.25, 0.3) is 127 Å². The zero-order valence-electron chi connectivity index (χ0n) is 32.6. The number of benzene rings is 9. The lowest BCUT2D eigenvalue weighted by molar-refractivity contribution is 0.668. The van der Waals surface area contributed by atoms with Crippen LogP contribution in [0.3, 0.4) is 0 Å². The summed E-state index contributed by atoms with van der Waals surface area (Å²) in [6, 6.07) is 67.4. The lowest BCUT2D eigenvalue weighted by Crippen LogP contribution is -2.00. The van der Waals surface area contributed by atoms with Crippen LogP contribution < -0.4 is 0 Å². The van der Waals surface area contributed by atoms with Crippen LogP contribution in [0.15, 0.2) is 203 Å². The number of aromatic nitrogens is 4. The highest BCUT2D eigenvalue weighted by molar-refractivity contribution is 6.19. The lowest BCUT2D eigenvalue weighted by atomic mass is 9.96. The molecule has 13 aromatic rings. The first-order valence-electron chi connectivity index (χ1n) is 20.4. The second-order valence-electron chi connectivity index (χ2n) is 15.5. The Morgan fingerprint density at radius 3 is 1.82 bits per heavy atom. The number of hydrogen-bond acceptors (Lipinski definition) is 5. The highest BCUT2D eigenvalue weighted by Crippen LogP contribution is 2.44. The van der Waals surface area contributed by atoms with Crippen LogP contribution in [0, 0.1) is 0 Å². The molecule has 0 unspecified atom stereocenters. The molecule has 13 rings (SSSR count). The average Bonchev–Trinajstić information content (AvgIpc) is 4.01. The summed E-state index contributed by atoms with van der Waals surface area (Å²) in [5.74, 6) is 1.65. The van der Waals surface area contributed by atoms with Gasteiger partial charge >= 0.3 is 0 Å². The molecule has 9 aromatic carbocycles. The van der Waals surface area contributed by atoms with Gasteiger partial charge in [-0.25, -0.2) is 15.0 Å². The van der Waals surface area contributed by atoms with Gasteiger partial charge in [0.05, 0.1) is 16.6 Å². The molecule has 61 heavy (non-hydrogen) atoms. The minimum Gasteiger partial charge on any atom is -0.456 e. The van der Waals surface area contributed by atoms with Crippen LogP contribution in [0.2, 0.25) is 0 Å². The molecule has 0 saturated carbocycles. The van der Waals surface area contributed by atoms with Gasteiger partial charge in [-0.3, -0.25) is 0 Å². The van der Waals surface area contributed by atoms with E-state index in [1.165, 1.54) is 16.3 Å². The van der Waals surface area contributed by atoms with Gasteiger partial charge < -0.3 is 13.4 Å². The minimum absolute atomic E-state index is 0.531. The molecule has 0 aliphatic rings. The molecule has 6 heteroatoms. The number of para-hydroxylation sites is 4. The Morgan fingerprint density at radius 1 is 0.344 bits per heavy atom. The van der Waals surface area contributed by atoms with E-state index < -0.39 is 0 Å². The number of rotatable bonds is 5. The number of hydrogen-bond donors (Lipinski definition) is 0. The van der Waals surface area contributed by atoms with Crippen molar-refractivity contribution in [3.05, 3.63) is 194 Å². The van der Waals surface area contributed by atoms with Gasteiger partial charge in [0.25, 0.3) is 0 Å². The van der Waals surface area contributed by atoms with Crippen LogP contribution in [0.1, 0.15) is 0 Å². The first-order valence-corrected chi connectivity index (χ1v) is 20.4. The van der Waals surface area contributed by atoms with E-state index in [9.17, 15) is 0 Å². The van der Waals surface area contributed by atoms with E-state index in [4.69, 9.17) is 23.8 Å². The van der Waals surface area contributed by atoms with Crippen molar-refractivity contribution in [1.82, 2.24) is 19.5 Å². The van der Waals surface area contributed by atoms with Crippen molar-refractivity contribution in [3.8, 4) is 51.0 Å². The molecular formula is C55H32N4O2. The molecule has 4 aromatic heterocycles. The van der Waals surface area contributed by atoms with Gasteiger partial charge in [0, 0.05) is 49.1 Å². The van der Waals surface area contributed by atoms with Gasteiger partial charge in [-0.1, -0.05) is 133 Å². The van der Waals surface area contributed by atoms with E-state index in [0.29, 0.717) is 17.5 Å². The third-order valence-electron chi connectivity index (χ3n) is 12.0. The fraction of sp³-hybridized carbons (Fsp3) is 0. The van der Waals surface area contributed by atoms with E-state index in [1.54, 1.807) is 0 Å². The van der Waals surface area contributed by atoms with Crippen molar-refractivity contribution in [2.45, 2.75) is 0 Å². The van der Waals surface area contributed by atoms with Crippen LogP contribution in [-0.2, 0) is 0 Å². The van der Waals surface area contributed by atoms with Gasteiger partial charge in [0.1, 0.15) is 22.3 Å². The molecule has 6 nitrogen and oxygen atoms in total. The van der Waals surface area contributed by atoms with Gasteiger partial charge in [0.15, 0.2) is 17.5 Å². The van der Waals surface area contributed by atoms with Crippen LogP contribution in [0.5, 0.6) is 0 Å². The summed E-state index contributed by atoms with van der Waals surface area (Å²) in [6.45, 7) is 0. The Balaban J connectivity index is 1.06. The number of fused-ring (bicyclic) bond motifs is 10. The largest absolute Gasteiger partial charge is 0.456 e. The zero-order valence-corrected chi connectivity index (χ0v) is 32.6. The molecule has 0 spiro atoms. The van der Waals surface area contributed by atoms with Crippen molar-refractivity contribution in [2.24, 2.45) is 0 Å². The van der Waals surface area contributed by atoms with Gasteiger partial charge in [-0.15, -0.1) is 0 Å². The van der Waals surface area contributed by atoms with Crippen LogP contribution in [-0.4, -0.2) is 19.5 Å². The highest BCUT2D eigenvalue weighted by atomic mass is 16.3. The maximum absolute atomic E-state index is 6.68. The van der Waals surface area contributed by atoms with E-state index in [0.717, 1.165) is 93.7 Å². The molecule has 0 bridgehead atoms. The first-order chi connectivity index (χ1) is 30.2. The molecule has 0 aliphatic carbocycles. The molecule has 0 amide bonds. The molecule has 0 radical (unpaired) electrons. The maximum atomic E-state index is 6.68. The summed E-state index contributed by atoms with van der Waals surface area (Å²) in [5, 5.41) is 8.66. The Hall–Kier alpha value is -8.35. The summed E-state index contributed by atoms with van der Waals surface area (Å²) in [6.07, 6.45) is 0. The standard InChI is InChI=1S/C55H32N4O2/c1-2-15-37(16-3-1)59-45-23-8-6-17-39(45)44-32-35(29-30-46(44)59)38-19-11-25-48-50(38)51-42(21-12-26-49(51)60-48)54-56-53(36-28-27-33-13-4-5-14-34(33)31-36)57-55(58-54)43-22-10-20-41-40-18-7-9-24-47(40)61-52(41)43/h1-32H. The monoisotopic (exact) mass is 780 g/mol. The molecular weight excluding hydrogens is 749 g/mol. The van der Waals surface area contributed by atoms with Gasteiger partial charge in [-0.05, 0) is 82.6 Å². The molecule has 0 aliphatic heterocycles. The Kier molecular flexibility index (Phi) is 7.21. The lowest BCUT2D eigenvalue weighted by Gasteiger charge is -2.11. The zero-order chi connectivity index (χ0) is 40.0. The summed E-state index contributed by atoms with van der Waals surface area (Å²) < 4.78 is 15.6. The predicted molar refractivity (Wildman–Crippen MR) is 248 cm³/mol. The minimum atomic E-state index is 0.531. The summed E-state index contributed by atoms with van der Waals surface area (Å²) in [7, 11) is 0. The second-order valence-corrected chi connectivity index (χ2v) is 15.5. The van der Waals surface area contributed by atoms with Crippen molar-refractivity contribution in [2.75, 3.05) is 0 Å². The normalized spacial score (nSPS) is 11.9. The van der Waals surface area contributed by atoms with Crippen molar-refractivity contribution < 1.29 is 8.83 Å². The van der Waals surface area contributed by atoms with Crippen molar-refractivity contribution >= 4 is 76.5 Å². The van der Waals surface area contributed by atoms with Crippen molar-refractivity contribution in [3.63, 3.8) is 0 Å². The number of nitrogens with zero attached hydrogens (tertiary/aromatic N) is 4. The molecule has 4 heterocycles. The van der Waals surface area contributed by atoms with E-state index in [1.807, 2.05) is 48.5 Å². The molecule has 0 fully saturated rings. The Morgan fingerprint density at radius 2 is 0.951 bits per heavy atom. The molecule has 0 saturated heterocycles. The fourth-order valence-electron chi connectivity index (χ4n) is 9.29. The predicted octanol–water partition coefficient (Wildman–Crippen LogP) is 14.6. The van der Waals surface area contributed by atoms with E-state index >= 15 is 0 Å². The average molecular weight is 781 g/mol. The summed E-state index contributed by atoms with van der Waals surface area (Å²) in [4.78, 5) is 15.8. The molecule has 0 N–H and O–H groups in total. The third kappa shape index (κ3) is 5.19. The third-order valence-corrected chi connectivity index (χ3v) is 12.0. The summed E-state index contributed by atoms with van der Waals surface area (Å²) >= 11 is 0. The molecule has 0 atom stereocenters. The Labute approximate surface area is 348 Å². The van der Waals surface area contributed by atoms with E-state index in [2.05, 4.69) is 150 Å². The van der Waals surface area contributed by atoms with Crippen LogP contribution >= 0.6 is 0 Å². The summed E-state index contributed by atoms with van der Waals surface area (Å²) in [5.41, 5.74) is 11.3. The fourth-order valence-corrected chi connectivity index (χ4v) is 9.29.